The Bertz CT molecular complexity index is 722. The molecule has 6 heteroatoms. The molecule has 5 nitrogen and oxygen atoms in total. The van der Waals surface area contributed by atoms with E-state index in [0.717, 1.165) is 18.4 Å². The molecule has 0 bridgehead atoms. The average molecular weight is 372 g/mol. The summed E-state index contributed by atoms with van der Waals surface area (Å²) in [5, 5.41) is 8.32. The fourth-order valence-electron chi connectivity index (χ4n) is 3.26. The van der Waals surface area contributed by atoms with Crippen LogP contribution in [0.1, 0.15) is 49.8 Å². The number of carbonyl (C=O) groups is 2. The number of rotatable bonds is 6. The van der Waals surface area contributed by atoms with Crippen LogP contribution in [0.4, 0.5) is 5.13 Å². The van der Waals surface area contributed by atoms with Crippen molar-refractivity contribution in [2.24, 2.45) is 0 Å². The third-order valence-electron chi connectivity index (χ3n) is 4.57. The van der Waals surface area contributed by atoms with Gasteiger partial charge in [0.1, 0.15) is 0 Å². The molecule has 0 atom stereocenters. The first-order chi connectivity index (χ1) is 12.7. The van der Waals surface area contributed by atoms with Gasteiger partial charge >= 0.3 is 0 Å². The van der Waals surface area contributed by atoms with Gasteiger partial charge in [0, 0.05) is 11.4 Å². The van der Waals surface area contributed by atoms with Crippen molar-refractivity contribution in [2.45, 2.75) is 57.4 Å². The van der Waals surface area contributed by atoms with Crippen LogP contribution in [0.5, 0.6) is 0 Å². The van der Waals surface area contributed by atoms with Gasteiger partial charge in [-0.2, -0.15) is 0 Å². The summed E-state index contributed by atoms with van der Waals surface area (Å²) in [6.45, 7) is 0. The van der Waals surface area contributed by atoms with E-state index in [1.807, 2.05) is 35.7 Å². The van der Waals surface area contributed by atoms with E-state index in [0.29, 0.717) is 23.3 Å². The fraction of sp³-hybridized carbons (Fsp3) is 0.450. The Labute approximate surface area is 158 Å². The molecule has 3 rings (SSSR count). The van der Waals surface area contributed by atoms with Gasteiger partial charge in [0.25, 0.3) is 0 Å². The summed E-state index contributed by atoms with van der Waals surface area (Å²) in [6.07, 6.45) is 7.65. The predicted octanol–water partition coefficient (Wildman–Crippen LogP) is 3.71. The second kappa shape index (κ2) is 9.48. The molecule has 138 valence electrons. The van der Waals surface area contributed by atoms with Crippen molar-refractivity contribution >= 4 is 28.3 Å². The summed E-state index contributed by atoms with van der Waals surface area (Å²) in [7, 11) is 0. The molecule has 0 spiro atoms. The molecule has 1 aromatic heterocycles. The molecule has 0 unspecified atom stereocenters. The molecule has 26 heavy (non-hydrogen) atoms. The minimum absolute atomic E-state index is 0.0179. The lowest BCUT2D eigenvalue weighted by Crippen LogP contribution is -2.35. The third-order valence-corrected chi connectivity index (χ3v) is 5.37. The number of nitrogens with one attached hydrogen (secondary N) is 2. The van der Waals surface area contributed by atoms with Crippen LogP contribution in [-0.4, -0.2) is 22.8 Å². The normalized spacial score (nSPS) is 15.2. The monoisotopic (exact) mass is 371 g/mol. The van der Waals surface area contributed by atoms with E-state index in [4.69, 9.17) is 0 Å². The second-order valence-electron chi connectivity index (χ2n) is 6.79. The highest BCUT2D eigenvalue weighted by Crippen LogP contribution is 2.19. The quantitative estimate of drug-likeness (QED) is 0.761. The first kappa shape index (κ1) is 18.6. The number of thiazole rings is 1. The highest BCUT2D eigenvalue weighted by molar-refractivity contribution is 7.13. The van der Waals surface area contributed by atoms with Crippen molar-refractivity contribution in [2.75, 3.05) is 5.32 Å². The van der Waals surface area contributed by atoms with Gasteiger partial charge < -0.3 is 10.6 Å². The molecule has 1 aliphatic rings. The highest BCUT2D eigenvalue weighted by atomic mass is 32.1. The van der Waals surface area contributed by atoms with Crippen molar-refractivity contribution in [3.05, 3.63) is 47.0 Å². The number of benzene rings is 1. The molecule has 0 radical (unpaired) electrons. The molecule has 1 fully saturated rings. The summed E-state index contributed by atoms with van der Waals surface area (Å²) in [4.78, 5) is 28.7. The Kier molecular flexibility index (Phi) is 6.77. The zero-order valence-corrected chi connectivity index (χ0v) is 15.7. The maximum atomic E-state index is 12.2. The van der Waals surface area contributed by atoms with E-state index in [9.17, 15) is 9.59 Å². The van der Waals surface area contributed by atoms with E-state index in [1.54, 1.807) is 0 Å². The SMILES string of the molecule is O=C(Cc1ccccc1)Nc1nc(CC(=O)NC2CCCCCC2)cs1. The number of aromatic nitrogens is 1. The highest BCUT2D eigenvalue weighted by Gasteiger charge is 2.16. The number of amides is 2. The van der Waals surface area contributed by atoms with Crippen molar-refractivity contribution in [1.82, 2.24) is 10.3 Å². The summed E-state index contributed by atoms with van der Waals surface area (Å²) in [6, 6.07) is 9.89. The molecule has 2 amide bonds. The minimum atomic E-state index is -0.0972. The van der Waals surface area contributed by atoms with Crippen LogP contribution in [0.25, 0.3) is 0 Å². The zero-order valence-electron chi connectivity index (χ0n) is 14.9. The summed E-state index contributed by atoms with van der Waals surface area (Å²) < 4.78 is 0. The first-order valence-corrected chi connectivity index (χ1v) is 10.1. The Hall–Kier alpha value is -2.21. The van der Waals surface area contributed by atoms with E-state index in [1.165, 1.54) is 37.0 Å². The minimum Gasteiger partial charge on any atom is -0.353 e. The van der Waals surface area contributed by atoms with E-state index in [-0.39, 0.29) is 18.2 Å². The van der Waals surface area contributed by atoms with Gasteiger partial charge in [-0.1, -0.05) is 56.0 Å². The van der Waals surface area contributed by atoms with Gasteiger partial charge in [-0.25, -0.2) is 4.98 Å². The lowest BCUT2D eigenvalue weighted by Gasteiger charge is -2.15. The third kappa shape index (κ3) is 5.95. The van der Waals surface area contributed by atoms with E-state index in [2.05, 4.69) is 15.6 Å². The van der Waals surface area contributed by atoms with Gasteiger partial charge in [-0.3, -0.25) is 9.59 Å². The van der Waals surface area contributed by atoms with Crippen molar-refractivity contribution in [3.63, 3.8) is 0 Å². The molecule has 0 aliphatic heterocycles. The zero-order chi connectivity index (χ0) is 18.2. The molecular formula is C20H25N3O2S. The van der Waals surface area contributed by atoms with Crippen LogP contribution in [0.2, 0.25) is 0 Å². The lowest BCUT2D eigenvalue weighted by molar-refractivity contribution is -0.121. The Morgan fingerprint density at radius 2 is 1.73 bits per heavy atom. The first-order valence-electron chi connectivity index (χ1n) is 9.26. The maximum Gasteiger partial charge on any atom is 0.230 e. The van der Waals surface area contributed by atoms with Gasteiger partial charge in [0.2, 0.25) is 11.8 Å². The number of nitrogens with zero attached hydrogens (tertiary/aromatic N) is 1. The summed E-state index contributed by atoms with van der Waals surface area (Å²) in [5.74, 6) is -0.0793. The van der Waals surface area contributed by atoms with Gasteiger partial charge in [0.15, 0.2) is 5.13 Å². The van der Waals surface area contributed by atoms with Gasteiger partial charge in [-0.15, -0.1) is 11.3 Å². The molecule has 1 heterocycles. The molecule has 2 N–H and O–H groups in total. The molecular weight excluding hydrogens is 346 g/mol. The standard InChI is InChI=1S/C20H25N3O2S/c24-18(12-15-8-4-3-5-9-15)23-20-22-17(14-26-20)13-19(25)21-16-10-6-1-2-7-11-16/h3-5,8-9,14,16H,1-2,6-7,10-13H2,(H,21,25)(H,22,23,24). The van der Waals surface area contributed by atoms with Gasteiger partial charge in [0.05, 0.1) is 18.5 Å². The predicted molar refractivity (Wildman–Crippen MR) is 104 cm³/mol. The molecule has 0 saturated heterocycles. The average Bonchev–Trinajstić information content (AvgIpc) is 2.89. The number of anilines is 1. The van der Waals surface area contributed by atoms with Gasteiger partial charge in [-0.05, 0) is 18.4 Å². The molecule has 2 aromatic rings. The Morgan fingerprint density at radius 1 is 1.00 bits per heavy atom. The van der Waals surface area contributed by atoms with Crippen molar-refractivity contribution in [1.29, 1.82) is 0 Å². The number of carbonyl (C=O) groups excluding carboxylic acids is 2. The van der Waals surface area contributed by atoms with E-state index < -0.39 is 0 Å². The Morgan fingerprint density at radius 3 is 2.46 bits per heavy atom. The lowest BCUT2D eigenvalue weighted by atomic mass is 10.1. The van der Waals surface area contributed by atoms with Crippen molar-refractivity contribution < 1.29 is 9.59 Å². The van der Waals surface area contributed by atoms with Crippen LogP contribution < -0.4 is 10.6 Å². The summed E-state index contributed by atoms with van der Waals surface area (Å²) >= 11 is 1.36. The molecule has 1 aromatic carbocycles. The topological polar surface area (TPSA) is 71.1 Å². The van der Waals surface area contributed by atoms with Crippen LogP contribution >= 0.6 is 11.3 Å². The maximum absolute atomic E-state index is 12.2. The Balaban J connectivity index is 1.46. The van der Waals surface area contributed by atoms with Crippen LogP contribution in [0, 0.1) is 0 Å². The number of hydrogen-bond donors (Lipinski definition) is 2. The smallest absolute Gasteiger partial charge is 0.230 e. The molecule has 1 saturated carbocycles. The van der Waals surface area contributed by atoms with Crippen molar-refractivity contribution in [3.8, 4) is 0 Å². The number of hydrogen-bond acceptors (Lipinski definition) is 4. The van der Waals surface area contributed by atoms with Crippen LogP contribution in [-0.2, 0) is 22.4 Å². The fourth-order valence-corrected chi connectivity index (χ4v) is 3.98. The van der Waals surface area contributed by atoms with E-state index >= 15 is 0 Å². The molecule has 1 aliphatic carbocycles. The second-order valence-corrected chi connectivity index (χ2v) is 7.65. The largest absolute Gasteiger partial charge is 0.353 e. The van der Waals surface area contributed by atoms with Crippen LogP contribution in [0.3, 0.4) is 0 Å². The van der Waals surface area contributed by atoms with Crippen LogP contribution in [0.15, 0.2) is 35.7 Å². The summed E-state index contributed by atoms with van der Waals surface area (Å²) in [5.41, 5.74) is 1.67.